The number of nitrogens with one attached hydrogen (secondary N) is 1. The second-order valence-corrected chi connectivity index (χ2v) is 9.89. The zero-order chi connectivity index (χ0) is 25.4. The second kappa shape index (κ2) is 13.1. The first kappa shape index (κ1) is 27.3. The molecule has 0 aliphatic carbocycles. The van der Waals surface area contributed by atoms with Crippen LogP contribution in [0.5, 0.6) is 0 Å². The number of carbonyl (C=O) groups excluding carboxylic acids is 2. The van der Waals surface area contributed by atoms with Crippen molar-refractivity contribution in [2.75, 3.05) is 31.0 Å². The number of amides is 2. The first-order chi connectivity index (χ1) is 16.8. The molecule has 2 aromatic rings. The number of piperidine rings is 1. The zero-order valence-corrected chi connectivity index (χ0v) is 21.7. The van der Waals surface area contributed by atoms with Gasteiger partial charge in [-0.1, -0.05) is 35.3 Å². The monoisotopic (exact) mass is 541 g/mol. The average molecular weight is 542 g/mol. The molecule has 1 fully saturated rings. The Balaban J connectivity index is 1.56. The van der Waals surface area contributed by atoms with Crippen molar-refractivity contribution in [3.05, 3.63) is 63.6 Å². The van der Waals surface area contributed by atoms with Crippen molar-refractivity contribution >= 4 is 52.2 Å². The number of benzene rings is 2. The number of hydrogen-bond donors (Lipinski definition) is 2. The Bertz CT molecular complexity index is 1050. The Labute approximate surface area is 217 Å². The van der Waals surface area contributed by atoms with Crippen molar-refractivity contribution in [2.45, 2.75) is 38.1 Å². The van der Waals surface area contributed by atoms with E-state index in [2.05, 4.69) is 5.32 Å². The first-order valence-corrected chi connectivity index (χ1v) is 13.2. The Morgan fingerprint density at radius 3 is 2.63 bits per heavy atom. The van der Waals surface area contributed by atoms with Crippen LogP contribution in [0.1, 0.15) is 41.6 Å². The molecule has 1 aliphatic rings. The molecule has 0 saturated carbocycles. The molecule has 8 nitrogen and oxygen atoms in total. The summed E-state index contributed by atoms with van der Waals surface area (Å²) in [4.78, 5) is 26.3. The van der Waals surface area contributed by atoms with Crippen molar-refractivity contribution in [3.63, 3.8) is 0 Å². The molecular weight excluding hydrogens is 513 g/mol. The lowest BCUT2D eigenvalue weighted by molar-refractivity contribution is 0.0852. The molecule has 35 heavy (non-hydrogen) atoms. The van der Waals surface area contributed by atoms with Crippen molar-refractivity contribution in [1.29, 1.82) is 0 Å². The number of nitrogens with zero attached hydrogens (tertiary/aromatic N) is 2. The molecule has 3 rings (SSSR count). The van der Waals surface area contributed by atoms with Gasteiger partial charge in [0.1, 0.15) is 0 Å². The summed E-state index contributed by atoms with van der Waals surface area (Å²) in [6.45, 7) is 1.32. The summed E-state index contributed by atoms with van der Waals surface area (Å²) >= 11 is 10.0. The minimum atomic E-state index is -2.26. The number of halogens is 2. The molecular formula is C24H29Cl2N3O5S. The average Bonchev–Trinajstić information content (AvgIpc) is 2.86. The number of rotatable bonds is 9. The molecule has 0 spiro atoms. The van der Waals surface area contributed by atoms with Gasteiger partial charge in [0.2, 0.25) is 0 Å². The van der Waals surface area contributed by atoms with Gasteiger partial charge >= 0.3 is 6.09 Å². The molecule has 1 saturated heterocycles. The van der Waals surface area contributed by atoms with Crippen LogP contribution in [-0.2, 0) is 22.4 Å². The van der Waals surface area contributed by atoms with Gasteiger partial charge in [0.15, 0.2) is 0 Å². The first-order valence-electron chi connectivity index (χ1n) is 11.4. The molecule has 190 valence electrons. The van der Waals surface area contributed by atoms with Crippen LogP contribution < -0.4 is 9.62 Å². The Morgan fingerprint density at radius 2 is 1.94 bits per heavy atom. The van der Waals surface area contributed by atoms with E-state index in [9.17, 15) is 18.4 Å². The number of likely N-dealkylation sites (tertiary alicyclic amines) is 1. The molecule has 2 aromatic carbocycles. The summed E-state index contributed by atoms with van der Waals surface area (Å²) in [5.41, 5.74) is 1.70. The van der Waals surface area contributed by atoms with Crippen LogP contribution >= 0.6 is 23.2 Å². The summed E-state index contributed by atoms with van der Waals surface area (Å²) in [6.07, 6.45) is 3.60. The van der Waals surface area contributed by atoms with Gasteiger partial charge in [-0.05, 0) is 68.0 Å². The van der Waals surface area contributed by atoms with E-state index in [-0.39, 0.29) is 24.6 Å². The fourth-order valence-electron chi connectivity index (χ4n) is 4.15. The second-order valence-electron chi connectivity index (χ2n) is 8.20. The highest BCUT2D eigenvalue weighted by Gasteiger charge is 2.27. The predicted octanol–water partition coefficient (Wildman–Crippen LogP) is 4.92. The van der Waals surface area contributed by atoms with Gasteiger partial charge in [0, 0.05) is 31.2 Å². The van der Waals surface area contributed by atoms with E-state index in [4.69, 9.17) is 27.9 Å². The molecule has 2 unspecified atom stereocenters. The van der Waals surface area contributed by atoms with Crippen molar-refractivity contribution in [1.82, 2.24) is 10.2 Å². The third-order valence-corrected chi connectivity index (χ3v) is 7.65. The highest BCUT2D eigenvalue weighted by molar-refractivity contribution is 7.80. The number of ether oxygens (including phenoxy) is 1. The summed E-state index contributed by atoms with van der Waals surface area (Å²) in [5, 5.41) is 3.74. The topological polar surface area (TPSA) is 99.2 Å². The molecule has 2 amide bonds. The fraction of sp³-hybridized carbons (Fsp3) is 0.417. The molecule has 11 heteroatoms. The van der Waals surface area contributed by atoms with Crippen molar-refractivity contribution in [2.24, 2.45) is 0 Å². The van der Waals surface area contributed by atoms with Crippen LogP contribution in [0.15, 0.2) is 42.5 Å². The van der Waals surface area contributed by atoms with Gasteiger partial charge in [0.25, 0.3) is 17.2 Å². The van der Waals surface area contributed by atoms with Crippen LogP contribution in [0.4, 0.5) is 10.5 Å². The summed E-state index contributed by atoms with van der Waals surface area (Å²) < 4.78 is 27.9. The Hall–Kier alpha value is -2.33. The van der Waals surface area contributed by atoms with E-state index in [0.29, 0.717) is 47.2 Å². The summed E-state index contributed by atoms with van der Waals surface area (Å²) in [7, 11) is 1.37. The van der Waals surface area contributed by atoms with Gasteiger partial charge < -0.3 is 15.0 Å². The third-order valence-electron chi connectivity index (χ3n) is 6.02. The van der Waals surface area contributed by atoms with Crippen LogP contribution in [-0.4, -0.2) is 58.4 Å². The van der Waals surface area contributed by atoms with Gasteiger partial charge in [-0.3, -0.25) is 13.7 Å². The number of methoxy groups -OCH3 is 1. The van der Waals surface area contributed by atoms with E-state index in [1.165, 1.54) is 11.4 Å². The van der Waals surface area contributed by atoms with Gasteiger partial charge in [0.05, 0.1) is 22.8 Å². The minimum absolute atomic E-state index is 0.0416. The largest absolute Gasteiger partial charge is 0.453 e. The summed E-state index contributed by atoms with van der Waals surface area (Å²) in [6, 6.07) is 11.8. The Morgan fingerprint density at radius 1 is 1.20 bits per heavy atom. The maximum absolute atomic E-state index is 12.6. The fourth-order valence-corrected chi connectivity index (χ4v) is 5.12. The van der Waals surface area contributed by atoms with E-state index in [1.807, 2.05) is 6.07 Å². The Kier molecular flexibility index (Phi) is 10.2. The summed E-state index contributed by atoms with van der Waals surface area (Å²) in [5.74, 6) is -0.251. The van der Waals surface area contributed by atoms with Crippen LogP contribution in [0.3, 0.4) is 0 Å². The molecule has 1 aliphatic heterocycles. The standard InChI is InChI=1S/C24H29Cl2N3O5S/c1-34-24(31)28-15-3-2-6-19(28)12-14-27-23(30)18-8-10-20(11-9-18)29(35(32)33)16-13-17-5-4-7-21(25)22(17)26/h4-5,7-11,19H,2-3,6,12-16H2,1H3,(H,27,30)(H,32,33). The number of hydrogen-bond acceptors (Lipinski definition) is 4. The van der Waals surface area contributed by atoms with Gasteiger partial charge in [-0.15, -0.1) is 0 Å². The van der Waals surface area contributed by atoms with Crippen LogP contribution in [0.2, 0.25) is 10.0 Å². The molecule has 0 bridgehead atoms. The smallest absolute Gasteiger partial charge is 0.409 e. The maximum Gasteiger partial charge on any atom is 0.409 e. The number of carbonyl (C=O) groups is 2. The van der Waals surface area contributed by atoms with E-state index < -0.39 is 11.3 Å². The third kappa shape index (κ3) is 7.33. The molecule has 0 radical (unpaired) electrons. The van der Waals surface area contributed by atoms with E-state index in [1.54, 1.807) is 41.3 Å². The predicted molar refractivity (Wildman–Crippen MR) is 138 cm³/mol. The molecule has 0 aromatic heterocycles. The lowest BCUT2D eigenvalue weighted by Gasteiger charge is -2.34. The number of anilines is 1. The quantitative estimate of drug-likeness (QED) is 0.439. The van der Waals surface area contributed by atoms with E-state index >= 15 is 0 Å². The zero-order valence-electron chi connectivity index (χ0n) is 19.4. The van der Waals surface area contributed by atoms with Gasteiger partial charge in [-0.25, -0.2) is 9.00 Å². The highest BCUT2D eigenvalue weighted by Crippen LogP contribution is 2.27. The highest BCUT2D eigenvalue weighted by atomic mass is 35.5. The molecule has 2 atom stereocenters. The van der Waals surface area contributed by atoms with Crippen LogP contribution in [0.25, 0.3) is 0 Å². The maximum atomic E-state index is 12.6. The SMILES string of the molecule is COC(=O)N1CCCCC1CCNC(=O)c1ccc(N(CCc2cccc(Cl)c2Cl)S(=O)O)cc1. The minimum Gasteiger partial charge on any atom is -0.453 e. The van der Waals surface area contributed by atoms with Gasteiger partial charge in [-0.2, -0.15) is 0 Å². The van der Waals surface area contributed by atoms with Crippen molar-refractivity contribution < 1.29 is 23.1 Å². The lowest BCUT2D eigenvalue weighted by atomic mass is 10.00. The normalized spacial score (nSPS) is 16.5. The van der Waals surface area contributed by atoms with E-state index in [0.717, 1.165) is 24.8 Å². The molecule has 1 heterocycles. The van der Waals surface area contributed by atoms with Crippen LogP contribution in [0, 0.1) is 0 Å². The lowest BCUT2D eigenvalue weighted by Crippen LogP contribution is -2.45. The van der Waals surface area contributed by atoms with Crippen molar-refractivity contribution in [3.8, 4) is 0 Å². The molecule has 2 N–H and O–H groups in total.